The normalized spacial score (nSPS) is 20.1. The fourth-order valence-corrected chi connectivity index (χ4v) is 3.46. The van der Waals surface area contributed by atoms with E-state index < -0.39 is 0 Å². The second-order valence-electron chi connectivity index (χ2n) is 7.58. The number of carbonyl (C=O) groups is 1. The van der Waals surface area contributed by atoms with Gasteiger partial charge in [0.25, 0.3) is 5.91 Å². The van der Waals surface area contributed by atoms with Gasteiger partial charge in [-0.1, -0.05) is 38.3 Å². The lowest BCUT2D eigenvalue weighted by Crippen LogP contribution is -2.48. The number of carbonyl (C=O) groups excluding carboxylic acids is 1. The first-order valence-corrected chi connectivity index (χ1v) is 10.5. The lowest BCUT2D eigenvalue weighted by Gasteiger charge is -2.35. The molecule has 2 N–H and O–H groups in total. The van der Waals surface area contributed by atoms with Crippen molar-refractivity contribution in [2.45, 2.75) is 65.2 Å². The number of morpholine rings is 1. The summed E-state index contributed by atoms with van der Waals surface area (Å²) in [5, 5.41) is 6.67. The molecule has 1 heterocycles. The summed E-state index contributed by atoms with van der Waals surface area (Å²) in [5.41, 5.74) is 1.85. The molecule has 1 fully saturated rings. The Balaban J connectivity index is 1.81. The number of amides is 1. The van der Waals surface area contributed by atoms with Crippen molar-refractivity contribution in [3.8, 4) is 0 Å². The van der Waals surface area contributed by atoms with Crippen LogP contribution in [0.4, 0.5) is 0 Å². The van der Waals surface area contributed by atoms with Crippen LogP contribution in [-0.4, -0.2) is 55.7 Å². The fourth-order valence-electron chi connectivity index (χ4n) is 3.46. The number of rotatable bonds is 8. The van der Waals surface area contributed by atoms with Gasteiger partial charge in [0.05, 0.1) is 12.2 Å². The predicted octanol–water partition coefficient (Wildman–Crippen LogP) is 3.18. The highest BCUT2D eigenvalue weighted by Crippen LogP contribution is 2.15. The van der Waals surface area contributed by atoms with Gasteiger partial charge in [0, 0.05) is 38.8 Å². The second kappa shape index (κ2) is 11.7. The molecule has 0 radical (unpaired) electrons. The maximum Gasteiger partial charge on any atom is 0.254 e. The average Bonchev–Trinajstić information content (AvgIpc) is 2.69. The first kappa shape index (κ1) is 22.2. The smallest absolute Gasteiger partial charge is 0.254 e. The summed E-state index contributed by atoms with van der Waals surface area (Å²) in [6.45, 7) is 9.14. The second-order valence-corrected chi connectivity index (χ2v) is 7.58. The third kappa shape index (κ3) is 7.15. The number of unbranched alkanes of at least 4 members (excludes halogenated alkanes) is 3. The third-order valence-corrected chi connectivity index (χ3v) is 4.91. The maximum atomic E-state index is 12.7. The molecule has 0 spiro atoms. The molecular weight excluding hydrogens is 352 g/mol. The van der Waals surface area contributed by atoms with Crippen molar-refractivity contribution in [1.29, 1.82) is 0 Å². The Hall–Kier alpha value is -2.08. The van der Waals surface area contributed by atoms with Crippen LogP contribution in [0.1, 0.15) is 62.4 Å². The van der Waals surface area contributed by atoms with Crippen LogP contribution in [0, 0.1) is 0 Å². The number of hydrogen-bond acceptors (Lipinski definition) is 3. The minimum absolute atomic E-state index is 0.0751. The Morgan fingerprint density at radius 3 is 2.39 bits per heavy atom. The van der Waals surface area contributed by atoms with E-state index in [-0.39, 0.29) is 18.1 Å². The highest BCUT2D eigenvalue weighted by molar-refractivity contribution is 5.94. The van der Waals surface area contributed by atoms with Gasteiger partial charge in [-0.3, -0.25) is 9.79 Å². The molecule has 2 atom stereocenters. The number of benzene rings is 1. The fraction of sp³-hybridized carbons (Fsp3) is 0.636. The van der Waals surface area contributed by atoms with Gasteiger partial charge >= 0.3 is 0 Å². The Labute approximate surface area is 169 Å². The number of hydrogen-bond donors (Lipinski definition) is 2. The molecule has 1 saturated heterocycles. The Morgan fingerprint density at radius 2 is 1.79 bits per heavy atom. The lowest BCUT2D eigenvalue weighted by atomic mass is 10.1. The van der Waals surface area contributed by atoms with E-state index in [1.54, 1.807) is 7.05 Å². The molecule has 28 heavy (non-hydrogen) atoms. The number of nitrogens with zero attached hydrogens (tertiary/aromatic N) is 2. The van der Waals surface area contributed by atoms with Crippen LogP contribution in [0.3, 0.4) is 0 Å². The number of guanidine groups is 1. The molecule has 1 aliphatic heterocycles. The topological polar surface area (TPSA) is 66.0 Å². The van der Waals surface area contributed by atoms with Crippen molar-refractivity contribution in [3.05, 3.63) is 35.4 Å². The zero-order chi connectivity index (χ0) is 20.4. The van der Waals surface area contributed by atoms with E-state index in [4.69, 9.17) is 4.74 Å². The molecule has 0 bridgehead atoms. The van der Waals surface area contributed by atoms with Crippen molar-refractivity contribution in [2.24, 2.45) is 4.99 Å². The minimum Gasteiger partial charge on any atom is -0.372 e. The zero-order valence-electron chi connectivity index (χ0n) is 17.8. The van der Waals surface area contributed by atoms with Gasteiger partial charge in [-0.15, -0.1) is 0 Å². The van der Waals surface area contributed by atoms with Crippen LogP contribution in [0.5, 0.6) is 0 Å². The van der Waals surface area contributed by atoms with Crippen LogP contribution < -0.4 is 10.6 Å². The van der Waals surface area contributed by atoms with Crippen molar-refractivity contribution >= 4 is 11.9 Å². The molecule has 156 valence electrons. The van der Waals surface area contributed by atoms with E-state index in [9.17, 15) is 4.79 Å². The molecule has 2 unspecified atom stereocenters. The van der Waals surface area contributed by atoms with Gasteiger partial charge in [0.15, 0.2) is 5.96 Å². The van der Waals surface area contributed by atoms with E-state index in [1.165, 1.54) is 19.3 Å². The van der Waals surface area contributed by atoms with Gasteiger partial charge in [-0.2, -0.15) is 0 Å². The van der Waals surface area contributed by atoms with Crippen LogP contribution >= 0.6 is 0 Å². The molecule has 1 aliphatic rings. The molecule has 6 heteroatoms. The van der Waals surface area contributed by atoms with Crippen molar-refractivity contribution in [2.75, 3.05) is 26.7 Å². The van der Waals surface area contributed by atoms with Gasteiger partial charge < -0.3 is 20.3 Å². The van der Waals surface area contributed by atoms with Crippen LogP contribution in [-0.2, 0) is 11.3 Å². The summed E-state index contributed by atoms with van der Waals surface area (Å²) in [6, 6.07) is 7.82. The molecule has 2 rings (SSSR count). The van der Waals surface area contributed by atoms with E-state index in [1.807, 2.05) is 43.0 Å². The van der Waals surface area contributed by atoms with E-state index in [2.05, 4.69) is 22.5 Å². The van der Waals surface area contributed by atoms with Gasteiger partial charge in [0.1, 0.15) is 0 Å². The third-order valence-electron chi connectivity index (χ3n) is 4.91. The molecular formula is C22H36N4O2. The van der Waals surface area contributed by atoms with Gasteiger partial charge in [-0.25, -0.2) is 0 Å². The molecule has 1 amide bonds. The van der Waals surface area contributed by atoms with Gasteiger partial charge in [0.2, 0.25) is 0 Å². The number of nitrogens with one attached hydrogen (secondary N) is 2. The lowest BCUT2D eigenvalue weighted by molar-refractivity contribution is -0.0586. The Kier molecular flexibility index (Phi) is 9.28. The van der Waals surface area contributed by atoms with Crippen molar-refractivity contribution in [1.82, 2.24) is 15.5 Å². The molecule has 0 saturated carbocycles. The van der Waals surface area contributed by atoms with Crippen LogP contribution in [0.2, 0.25) is 0 Å². The largest absolute Gasteiger partial charge is 0.372 e. The van der Waals surface area contributed by atoms with Crippen LogP contribution in [0.25, 0.3) is 0 Å². The van der Waals surface area contributed by atoms with Crippen molar-refractivity contribution < 1.29 is 9.53 Å². The molecule has 6 nitrogen and oxygen atoms in total. The summed E-state index contributed by atoms with van der Waals surface area (Å²) in [5.74, 6) is 0.888. The predicted molar refractivity (Wildman–Crippen MR) is 115 cm³/mol. The van der Waals surface area contributed by atoms with Crippen molar-refractivity contribution in [3.63, 3.8) is 0 Å². The molecule has 1 aromatic rings. The van der Waals surface area contributed by atoms with Crippen LogP contribution in [0.15, 0.2) is 29.3 Å². The summed E-state index contributed by atoms with van der Waals surface area (Å²) < 4.78 is 5.71. The molecule has 0 aromatic heterocycles. The first-order valence-electron chi connectivity index (χ1n) is 10.5. The highest BCUT2D eigenvalue weighted by atomic mass is 16.5. The van der Waals surface area contributed by atoms with Gasteiger partial charge in [-0.05, 0) is 38.0 Å². The average molecular weight is 389 g/mol. The Morgan fingerprint density at radius 1 is 1.11 bits per heavy atom. The van der Waals surface area contributed by atoms with E-state index in [0.29, 0.717) is 19.6 Å². The SMILES string of the molecule is CCCCCCNC(=NC)NCc1ccc(C(=O)N2CC(C)OC(C)C2)cc1. The van der Waals surface area contributed by atoms with E-state index in [0.717, 1.165) is 30.1 Å². The highest BCUT2D eigenvalue weighted by Gasteiger charge is 2.26. The number of aliphatic imine (C=N–C) groups is 1. The summed E-state index contributed by atoms with van der Waals surface area (Å²) in [4.78, 5) is 18.9. The molecule has 0 aliphatic carbocycles. The summed E-state index contributed by atoms with van der Waals surface area (Å²) in [7, 11) is 1.79. The standard InChI is InChI=1S/C22H36N4O2/c1-5-6-7-8-13-24-22(23-4)25-14-19-9-11-20(12-10-19)21(27)26-15-17(2)28-18(3)16-26/h9-12,17-18H,5-8,13-16H2,1-4H3,(H2,23,24,25). The maximum absolute atomic E-state index is 12.7. The van der Waals surface area contributed by atoms with E-state index >= 15 is 0 Å². The summed E-state index contributed by atoms with van der Waals surface area (Å²) in [6.07, 6.45) is 5.09. The number of ether oxygens (including phenoxy) is 1. The minimum atomic E-state index is 0.0751. The monoisotopic (exact) mass is 388 g/mol. The quantitative estimate of drug-likeness (QED) is 0.408. The summed E-state index contributed by atoms with van der Waals surface area (Å²) >= 11 is 0. The Bertz CT molecular complexity index is 620. The zero-order valence-corrected chi connectivity index (χ0v) is 17.8. The molecule has 1 aromatic carbocycles. The first-order chi connectivity index (χ1) is 13.5.